The van der Waals surface area contributed by atoms with Gasteiger partial charge in [0, 0.05) is 50.7 Å². The van der Waals surface area contributed by atoms with E-state index in [9.17, 15) is 18.7 Å². The molecule has 0 unspecified atom stereocenters. The number of pyridine rings is 1. The summed E-state index contributed by atoms with van der Waals surface area (Å²) in [5, 5.41) is 14.3. The topological polar surface area (TPSA) is 104 Å². The molecular formula is C29H32F2N8O2. The van der Waals surface area contributed by atoms with Crippen LogP contribution in [-0.4, -0.2) is 73.5 Å². The van der Waals surface area contributed by atoms with Crippen LogP contribution in [0.3, 0.4) is 0 Å². The van der Waals surface area contributed by atoms with E-state index >= 15 is 0 Å². The van der Waals surface area contributed by atoms with Gasteiger partial charge in [0.25, 0.3) is 11.5 Å². The zero-order chi connectivity index (χ0) is 28.9. The van der Waals surface area contributed by atoms with Crippen LogP contribution in [0.4, 0.5) is 26.1 Å². The molecule has 0 spiro atoms. The third-order valence-corrected chi connectivity index (χ3v) is 8.02. The zero-order valence-corrected chi connectivity index (χ0v) is 23.0. The molecule has 1 atom stereocenters. The molecule has 214 valence electrons. The van der Waals surface area contributed by atoms with Crippen LogP contribution in [-0.2, 0) is 18.6 Å². The number of nitrogens with zero attached hydrogens (tertiary/aromatic N) is 7. The number of nitrogens with one attached hydrogen (secondary N) is 1. The van der Waals surface area contributed by atoms with Crippen molar-refractivity contribution < 1.29 is 13.9 Å². The van der Waals surface area contributed by atoms with Crippen LogP contribution in [0.25, 0.3) is 16.9 Å². The van der Waals surface area contributed by atoms with Gasteiger partial charge >= 0.3 is 0 Å². The molecule has 4 heterocycles. The van der Waals surface area contributed by atoms with Gasteiger partial charge in [0.15, 0.2) is 17.1 Å². The molecule has 1 aromatic carbocycles. The normalized spacial score (nSPS) is 19.5. The van der Waals surface area contributed by atoms with Crippen molar-refractivity contribution in [2.24, 2.45) is 0 Å². The number of hydrogen-bond acceptors (Lipinski definition) is 8. The van der Waals surface area contributed by atoms with Gasteiger partial charge in [-0.25, -0.2) is 28.1 Å². The molecule has 0 amide bonds. The van der Waals surface area contributed by atoms with Crippen molar-refractivity contribution in [2.75, 3.05) is 43.4 Å². The van der Waals surface area contributed by atoms with Crippen molar-refractivity contribution in [3.05, 3.63) is 76.9 Å². The number of benzene rings is 1. The molecule has 0 saturated carbocycles. The maximum atomic E-state index is 14.5. The fourth-order valence-corrected chi connectivity index (χ4v) is 5.57. The largest absolute Gasteiger partial charge is 0.377 e. The second-order valence-electron chi connectivity index (χ2n) is 10.8. The Morgan fingerprint density at radius 3 is 2.54 bits per heavy atom. The molecule has 1 aliphatic heterocycles. The number of piperazine rings is 1. The van der Waals surface area contributed by atoms with Crippen LogP contribution >= 0.6 is 0 Å². The first-order chi connectivity index (χ1) is 19.6. The van der Waals surface area contributed by atoms with E-state index in [2.05, 4.69) is 43.7 Å². The molecular weight excluding hydrogens is 530 g/mol. The van der Waals surface area contributed by atoms with E-state index in [0.717, 1.165) is 37.6 Å². The van der Waals surface area contributed by atoms with E-state index in [4.69, 9.17) is 0 Å². The lowest BCUT2D eigenvalue weighted by Gasteiger charge is -2.34. The Morgan fingerprint density at radius 2 is 1.85 bits per heavy atom. The average molecular weight is 563 g/mol. The summed E-state index contributed by atoms with van der Waals surface area (Å²) in [6.45, 7) is 8.52. The monoisotopic (exact) mass is 562 g/mol. The number of alkyl halides is 2. The van der Waals surface area contributed by atoms with E-state index < -0.39 is 11.5 Å². The van der Waals surface area contributed by atoms with Gasteiger partial charge in [-0.3, -0.25) is 4.79 Å². The summed E-state index contributed by atoms with van der Waals surface area (Å²) in [5.74, 6) is -2.96. The summed E-state index contributed by atoms with van der Waals surface area (Å²) >= 11 is 0. The molecule has 2 N–H and O–H groups in total. The van der Waals surface area contributed by atoms with E-state index in [1.54, 1.807) is 18.2 Å². The third kappa shape index (κ3) is 4.66. The van der Waals surface area contributed by atoms with Crippen molar-refractivity contribution in [3.63, 3.8) is 0 Å². The van der Waals surface area contributed by atoms with Gasteiger partial charge in [-0.2, -0.15) is 4.98 Å². The Morgan fingerprint density at radius 1 is 1.12 bits per heavy atom. The van der Waals surface area contributed by atoms with Crippen molar-refractivity contribution in [3.8, 4) is 5.82 Å². The number of likely N-dealkylation sites (N-methyl/N-ethyl adjacent to an activating group) is 1. The van der Waals surface area contributed by atoms with Crippen molar-refractivity contribution >= 4 is 28.4 Å². The molecule has 12 heteroatoms. The maximum Gasteiger partial charge on any atom is 0.279 e. The summed E-state index contributed by atoms with van der Waals surface area (Å²) in [6, 6.07) is 11.3. The minimum Gasteiger partial charge on any atom is -0.377 e. The summed E-state index contributed by atoms with van der Waals surface area (Å²) in [7, 11) is 2.12. The summed E-state index contributed by atoms with van der Waals surface area (Å²) in [6.07, 6.45) is 3.12. The molecule has 1 fully saturated rings. The quantitative estimate of drug-likeness (QED) is 0.330. The standard InChI is InChI=1S/C29H32F2N8O2/c1-4-13-38-26(40)22-18-32-27(33-20-6-8-21(9-7-20)37-16-14-36(3)15-17-37)35-25(22)39(38)23-10-5-19-11-12-29(41,24(19)34-23)28(2,30)31/h4-10,18,41H,1,11-17H2,2-3H3,(H,32,33,35)/t29-/m1/s1. The number of aliphatic hydroxyl groups is 1. The highest BCUT2D eigenvalue weighted by atomic mass is 19.3. The number of rotatable bonds is 7. The molecule has 0 bridgehead atoms. The maximum absolute atomic E-state index is 14.5. The number of aryl methyl sites for hydroxylation is 1. The smallest absolute Gasteiger partial charge is 0.279 e. The first kappa shape index (κ1) is 27.0. The van der Waals surface area contributed by atoms with Crippen LogP contribution in [0, 0.1) is 0 Å². The molecule has 3 aromatic heterocycles. The molecule has 2 aliphatic rings. The predicted octanol–water partition coefficient (Wildman–Crippen LogP) is 3.45. The van der Waals surface area contributed by atoms with Gasteiger partial charge in [-0.1, -0.05) is 12.1 Å². The van der Waals surface area contributed by atoms with Gasteiger partial charge in [-0.15, -0.1) is 6.58 Å². The molecule has 1 aliphatic carbocycles. The SMILES string of the molecule is C=CCn1c(=O)c2cnc(Nc3ccc(N4CCN(C)CC4)cc3)nc2n1-c1ccc2c(n1)[C@@](O)(C(C)(F)F)CC2. The fourth-order valence-electron chi connectivity index (χ4n) is 5.57. The number of aromatic nitrogens is 5. The highest BCUT2D eigenvalue weighted by Crippen LogP contribution is 2.46. The first-order valence-electron chi connectivity index (χ1n) is 13.6. The van der Waals surface area contributed by atoms with Crippen LogP contribution in [0.1, 0.15) is 24.6 Å². The van der Waals surface area contributed by atoms with E-state index in [1.807, 2.05) is 24.3 Å². The van der Waals surface area contributed by atoms with Gasteiger partial charge in [0.2, 0.25) is 5.95 Å². The number of anilines is 3. The predicted molar refractivity (Wildman–Crippen MR) is 153 cm³/mol. The highest BCUT2D eigenvalue weighted by molar-refractivity contribution is 5.77. The minimum atomic E-state index is -3.40. The Balaban J connectivity index is 1.37. The minimum absolute atomic E-state index is 0.0882. The van der Waals surface area contributed by atoms with Crippen molar-refractivity contribution in [1.82, 2.24) is 29.2 Å². The lowest BCUT2D eigenvalue weighted by molar-refractivity contribution is -0.176. The second-order valence-corrected chi connectivity index (χ2v) is 10.8. The molecule has 0 radical (unpaired) electrons. The zero-order valence-electron chi connectivity index (χ0n) is 23.0. The second kappa shape index (κ2) is 10.0. The lowest BCUT2D eigenvalue weighted by atomic mass is 9.94. The summed E-state index contributed by atoms with van der Waals surface area (Å²) in [4.78, 5) is 31.4. The average Bonchev–Trinajstić information content (AvgIpc) is 3.44. The van der Waals surface area contributed by atoms with E-state index in [1.165, 1.54) is 15.6 Å². The Bertz CT molecular complexity index is 1670. The van der Waals surface area contributed by atoms with Gasteiger partial charge in [0.1, 0.15) is 5.39 Å². The van der Waals surface area contributed by atoms with Gasteiger partial charge < -0.3 is 20.2 Å². The fraction of sp³-hybridized carbons (Fsp3) is 0.379. The summed E-state index contributed by atoms with van der Waals surface area (Å²) in [5.41, 5.74) is -0.160. The molecule has 41 heavy (non-hydrogen) atoms. The number of allylic oxidation sites excluding steroid dienone is 1. The number of halogens is 2. The Hall–Kier alpha value is -4.16. The highest BCUT2D eigenvalue weighted by Gasteiger charge is 2.54. The number of hydrogen-bond donors (Lipinski definition) is 2. The third-order valence-electron chi connectivity index (χ3n) is 8.02. The molecule has 10 nitrogen and oxygen atoms in total. The van der Waals surface area contributed by atoms with Crippen molar-refractivity contribution in [2.45, 2.75) is 37.8 Å². The van der Waals surface area contributed by atoms with Gasteiger partial charge in [-0.05, 0) is 55.8 Å². The molecule has 6 rings (SSSR count). The Labute approximate surface area is 235 Å². The van der Waals surface area contributed by atoms with Crippen LogP contribution in [0.5, 0.6) is 0 Å². The first-order valence-corrected chi connectivity index (χ1v) is 13.6. The van der Waals surface area contributed by atoms with Crippen molar-refractivity contribution in [1.29, 1.82) is 0 Å². The lowest BCUT2D eigenvalue weighted by Crippen LogP contribution is -2.44. The van der Waals surface area contributed by atoms with Crippen LogP contribution in [0.2, 0.25) is 0 Å². The van der Waals surface area contributed by atoms with Gasteiger partial charge in [0.05, 0.1) is 12.2 Å². The Kier molecular flexibility index (Phi) is 6.62. The van der Waals surface area contributed by atoms with Crippen LogP contribution < -0.4 is 15.8 Å². The molecule has 1 saturated heterocycles. The number of fused-ring (bicyclic) bond motifs is 2. The molecule has 4 aromatic rings. The summed E-state index contributed by atoms with van der Waals surface area (Å²) < 4.78 is 31.8. The van der Waals surface area contributed by atoms with Crippen LogP contribution in [0.15, 0.2) is 60.0 Å². The van der Waals surface area contributed by atoms with E-state index in [0.29, 0.717) is 12.5 Å². The van der Waals surface area contributed by atoms with E-state index in [-0.39, 0.29) is 53.4 Å².